The van der Waals surface area contributed by atoms with Gasteiger partial charge in [-0.3, -0.25) is 14.5 Å². The highest BCUT2D eigenvalue weighted by molar-refractivity contribution is 5.84. The molecule has 0 spiro atoms. The van der Waals surface area contributed by atoms with Crippen molar-refractivity contribution in [2.75, 3.05) is 40.5 Å². The van der Waals surface area contributed by atoms with Crippen LogP contribution in [0.1, 0.15) is 18.0 Å². The van der Waals surface area contributed by atoms with Crippen LogP contribution in [0.15, 0.2) is 74.9 Å². The van der Waals surface area contributed by atoms with E-state index < -0.39 is 6.10 Å². The van der Waals surface area contributed by atoms with Crippen molar-refractivity contribution in [3.8, 4) is 28.4 Å². The van der Waals surface area contributed by atoms with Gasteiger partial charge in [0.1, 0.15) is 30.3 Å². The molecular formula is C31H32N2O7. The predicted octanol–water partition coefficient (Wildman–Crippen LogP) is 3.50. The molecule has 0 saturated carbocycles. The van der Waals surface area contributed by atoms with Crippen molar-refractivity contribution < 1.29 is 23.7 Å². The van der Waals surface area contributed by atoms with Crippen LogP contribution in [-0.2, 0) is 6.54 Å². The number of pyridine rings is 1. The van der Waals surface area contributed by atoms with Crippen LogP contribution in [0.5, 0.6) is 17.2 Å². The van der Waals surface area contributed by atoms with Gasteiger partial charge in [-0.25, -0.2) is 0 Å². The van der Waals surface area contributed by atoms with Gasteiger partial charge in [0.2, 0.25) is 5.43 Å². The minimum Gasteiger partial charge on any atom is -0.497 e. The maximum absolute atomic E-state index is 13.3. The van der Waals surface area contributed by atoms with Gasteiger partial charge in [0.05, 0.1) is 25.2 Å². The number of aliphatic hydroxyl groups is 1. The van der Waals surface area contributed by atoms with Crippen LogP contribution in [0.25, 0.3) is 22.1 Å². The molecule has 0 radical (unpaired) electrons. The minimum absolute atomic E-state index is 0.0535. The average Bonchev–Trinajstić information content (AvgIpc) is 2.96. The van der Waals surface area contributed by atoms with Gasteiger partial charge in [-0.2, -0.15) is 0 Å². The van der Waals surface area contributed by atoms with E-state index in [1.165, 1.54) is 13.4 Å². The summed E-state index contributed by atoms with van der Waals surface area (Å²) in [6.45, 7) is 2.85. The Kier molecular flexibility index (Phi) is 7.08. The van der Waals surface area contributed by atoms with E-state index in [0.717, 1.165) is 30.8 Å². The number of nitrogens with zero attached hydrogens (tertiary/aromatic N) is 2. The number of ether oxygens (including phenoxy) is 3. The fraction of sp³-hybridized carbons (Fsp3) is 0.355. The number of rotatable bonds is 8. The number of likely N-dealkylation sites (tertiary alicyclic amines) is 1. The summed E-state index contributed by atoms with van der Waals surface area (Å²) < 4.78 is 24.4. The fourth-order valence-electron chi connectivity index (χ4n) is 6.06. The van der Waals surface area contributed by atoms with Crippen LogP contribution in [0.2, 0.25) is 0 Å². The molecule has 3 atom stereocenters. The highest BCUT2D eigenvalue weighted by atomic mass is 16.5. The second-order valence-corrected chi connectivity index (χ2v) is 10.6. The molecule has 1 fully saturated rings. The van der Waals surface area contributed by atoms with E-state index in [9.17, 15) is 14.7 Å². The first-order valence-electron chi connectivity index (χ1n) is 13.4. The number of benzene rings is 2. The molecule has 9 heteroatoms. The number of piperidine rings is 1. The zero-order valence-corrected chi connectivity index (χ0v) is 22.5. The summed E-state index contributed by atoms with van der Waals surface area (Å²) in [5.74, 6) is 2.13. The summed E-state index contributed by atoms with van der Waals surface area (Å²) in [6, 6.07) is 15.9. The van der Waals surface area contributed by atoms with Crippen LogP contribution >= 0.6 is 0 Å². The highest BCUT2D eigenvalue weighted by Gasteiger charge is 2.35. The summed E-state index contributed by atoms with van der Waals surface area (Å²) in [5.41, 5.74) is 2.47. The lowest BCUT2D eigenvalue weighted by atomic mass is 9.83. The van der Waals surface area contributed by atoms with Crippen molar-refractivity contribution in [2.24, 2.45) is 5.92 Å². The van der Waals surface area contributed by atoms with Gasteiger partial charge in [0.25, 0.3) is 5.56 Å². The van der Waals surface area contributed by atoms with Crippen LogP contribution in [0.4, 0.5) is 0 Å². The standard InChI is InChI=1S/C31H32N2O7/c1-37-23-8-6-20(7-9-23)25-18-40-27-12-29(28(38-2)11-24(27)31(25)36)39-17-22(34)16-32-13-19-10-21(15-32)26-4-3-5-30(35)33(26)14-19/h3-9,11-12,18-19,21-22,34H,10,13-17H2,1-2H3/t19-,21+,22?/m1/s1. The van der Waals surface area contributed by atoms with E-state index in [0.29, 0.717) is 52.8 Å². The molecule has 9 nitrogen and oxygen atoms in total. The molecule has 2 aliphatic rings. The third kappa shape index (κ3) is 4.98. The van der Waals surface area contributed by atoms with Crippen LogP contribution < -0.4 is 25.2 Å². The average molecular weight is 545 g/mol. The number of fused-ring (bicyclic) bond motifs is 5. The number of aromatic nitrogens is 1. The first-order valence-corrected chi connectivity index (χ1v) is 13.4. The Morgan fingerprint density at radius 3 is 2.60 bits per heavy atom. The second kappa shape index (κ2) is 10.8. The minimum atomic E-state index is -0.735. The normalized spacial score (nSPS) is 19.2. The lowest BCUT2D eigenvalue weighted by molar-refractivity contribution is 0.0379. The molecule has 0 aliphatic carbocycles. The Labute approximate surface area is 231 Å². The SMILES string of the molecule is COc1ccc(-c2coc3cc(OCC(O)CN4C[C@H]5C[C@@H](C4)c4cccc(=O)n4C5)c(OC)cc3c2=O)cc1. The summed E-state index contributed by atoms with van der Waals surface area (Å²) in [7, 11) is 3.10. The van der Waals surface area contributed by atoms with Gasteiger partial charge in [-0.1, -0.05) is 18.2 Å². The van der Waals surface area contributed by atoms with Gasteiger partial charge < -0.3 is 28.3 Å². The monoisotopic (exact) mass is 544 g/mol. The molecule has 1 N–H and O–H groups in total. The molecule has 2 aromatic heterocycles. The molecule has 2 bridgehead atoms. The largest absolute Gasteiger partial charge is 0.497 e. The molecule has 208 valence electrons. The highest BCUT2D eigenvalue weighted by Crippen LogP contribution is 2.35. The number of β-amino-alcohol motifs (C(OH)–C–C–N with tert-alkyl or cyclic N) is 1. The molecule has 0 amide bonds. The Bertz CT molecular complexity index is 1640. The van der Waals surface area contributed by atoms with E-state index in [1.807, 2.05) is 16.7 Å². The van der Waals surface area contributed by atoms with Gasteiger partial charge in [0, 0.05) is 49.9 Å². The lowest BCUT2D eigenvalue weighted by Gasteiger charge is -2.43. The Morgan fingerprint density at radius 2 is 1.82 bits per heavy atom. The number of hydrogen-bond acceptors (Lipinski definition) is 8. The van der Waals surface area contributed by atoms with Gasteiger partial charge in [0.15, 0.2) is 11.5 Å². The Hall–Kier alpha value is -4.08. The smallest absolute Gasteiger partial charge is 0.250 e. The zero-order chi connectivity index (χ0) is 27.8. The maximum Gasteiger partial charge on any atom is 0.250 e. The summed E-state index contributed by atoms with van der Waals surface area (Å²) >= 11 is 0. The zero-order valence-electron chi connectivity index (χ0n) is 22.5. The molecule has 40 heavy (non-hydrogen) atoms. The molecule has 6 rings (SSSR count). The topological polar surface area (TPSA) is 103 Å². The lowest BCUT2D eigenvalue weighted by Crippen LogP contribution is -2.49. The second-order valence-electron chi connectivity index (χ2n) is 10.6. The Balaban J connectivity index is 1.15. The van der Waals surface area contributed by atoms with Gasteiger partial charge >= 0.3 is 0 Å². The fourth-order valence-corrected chi connectivity index (χ4v) is 6.06. The van der Waals surface area contributed by atoms with E-state index in [2.05, 4.69) is 4.90 Å². The third-order valence-corrected chi connectivity index (χ3v) is 7.92. The van der Waals surface area contributed by atoms with Crippen molar-refractivity contribution in [3.63, 3.8) is 0 Å². The van der Waals surface area contributed by atoms with Crippen LogP contribution in [0.3, 0.4) is 0 Å². The molecule has 4 heterocycles. The molecule has 1 saturated heterocycles. The van der Waals surface area contributed by atoms with Crippen molar-refractivity contribution in [2.45, 2.75) is 25.0 Å². The first kappa shape index (κ1) is 26.2. The maximum atomic E-state index is 13.3. The number of aliphatic hydroxyl groups excluding tert-OH is 1. The van der Waals surface area contributed by atoms with E-state index in [-0.39, 0.29) is 23.5 Å². The van der Waals surface area contributed by atoms with Crippen LogP contribution in [0, 0.1) is 5.92 Å². The predicted molar refractivity (Wildman–Crippen MR) is 151 cm³/mol. The molecule has 2 aliphatic heterocycles. The van der Waals surface area contributed by atoms with Crippen LogP contribution in [-0.4, -0.2) is 61.1 Å². The first-order chi connectivity index (χ1) is 19.4. The number of hydrogen-bond donors (Lipinski definition) is 1. The molecule has 4 aromatic rings. The van der Waals surface area contributed by atoms with Crippen molar-refractivity contribution in [1.82, 2.24) is 9.47 Å². The summed E-state index contributed by atoms with van der Waals surface area (Å²) in [5, 5.41) is 11.2. The Morgan fingerprint density at radius 1 is 1.00 bits per heavy atom. The van der Waals surface area contributed by atoms with Gasteiger partial charge in [-0.05, 0) is 42.2 Å². The van der Waals surface area contributed by atoms with Crippen molar-refractivity contribution in [1.29, 1.82) is 0 Å². The number of methoxy groups -OCH3 is 2. The van der Waals surface area contributed by atoms with E-state index in [4.69, 9.17) is 18.6 Å². The summed E-state index contributed by atoms with van der Waals surface area (Å²) in [6.07, 6.45) is 1.77. The molecule has 1 unspecified atom stereocenters. The summed E-state index contributed by atoms with van der Waals surface area (Å²) in [4.78, 5) is 27.8. The van der Waals surface area contributed by atoms with Gasteiger partial charge in [-0.15, -0.1) is 0 Å². The van der Waals surface area contributed by atoms with Crippen molar-refractivity contribution in [3.05, 3.63) is 87.1 Å². The van der Waals surface area contributed by atoms with Crippen molar-refractivity contribution >= 4 is 11.0 Å². The molecular weight excluding hydrogens is 512 g/mol. The third-order valence-electron chi connectivity index (χ3n) is 7.92. The van der Waals surface area contributed by atoms with E-state index >= 15 is 0 Å². The quantitative estimate of drug-likeness (QED) is 0.360. The molecule has 2 aromatic carbocycles. The van der Waals surface area contributed by atoms with E-state index in [1.54, 1.807) is 49.6 Å².